The molecule has 2 heterocycles. The lowest BCUT2D eigenvalue weighted by Crippen LogP contribution is -2.06. The first-order valence-corrected chi connectivity index (χ1v) is 8.49. The summed E-state index contributed by atoms with van der Waals surface area (Å²) in [4.78, 5) is 3.03. The van der Waals surface area contributed by atoms with Crippen molar-refractivity contribution in [3.8, 4) is 11.5 Å². The van der Waals surface area contributed by atoms with Crippen molar-refractivity contribution in [2.45, 2.75) is 11.0 Å². The van der Waals surface area contributed by atoms with Gasteiger partial charge in [-0.3, -0.25) is 0 Å². The van der Waals surface area contributed by atoms with Crippen LogP contribution in [0, 0.1) is 29.1 Å². The number of nitrogens with one attached hydrogen (secondary N) is 1. The third-order valence-corrected chi connectivity index (χ3v) is 4.71. The van der Waals surface area contributed by atoms with Crippen LogP contribution in [-0.4, -0.2) is 15.2 Å². The van der Waals surface area contributed by atoms with Crippen LogP contribution < -0.4 is 0 Å². The number of thioether (sulfide) groups is 1. The quantitative estimate of drug-likeness (QED) is 0.222. The maximum absolute atomic E-state index is 13.7. The summed E-state index contributed by atoms with van der Waals surface area (Å²) in [6, 6.07) is 7.37. The minimum Gasteiger partial charge on any atom is -0.411 e. The molecular weight excluding hydrogens is 389 g/mol. The van der Waals surface area contributed by atoms with E-state index in [2.05, 4.69) is 15.2 Å². The number of aromatic nitrogens is 3. The molecular formula is C17H8F5N3OS. The Bertz CT molecular complexity index is 1130. The summed E-state index contributed by atoms with van der Waals surface area (Å²) in [7, 11) is 0. The van der Waals surface area contributed by atoms with E-state index in [-0.39, 0.29) is 11.1 Å². The maximum atomic E-state index is 13.7. The highest BCUT2D eigenvalue weighted by Gasteiger charge is 2.26. The number of fused-ring (bicyclic) bond motifs is 1. The highest BCUT2D eigenvalue weighted by atomic mass is 32.2. The molecule has 0 aliphatic carbocycles. The molecule has 1 N–H and O–H groups in total. The minimum atomic E-state index is -2.20. The molecule has 138 valence electrons. The van der Waals surface area contributed by atoms with Crippen molar-refractivity contribution >= 4 is 22.7 Å². The lowest BCUT2D eigenvalue weighted by molar-refractivity contribution is 0.372. The van der Waals surface area contributed by atoms with Gasteiger partial charge in [-0.2, -0.15) is 0 Å². The molecule has 0 aliphatic heterocycles. The van der Waals surface area contributed by atoms with Gasteiger partial charge in [-0.15, -0.1) is 10.2 Å². The average molecular weight is 397 g/mol. The van der Waals surface area contributed by atoms with Crippen LogP contribution >= 0.6 is 11.8 Å². The second kappa shape index (κ2) is 6.69. The molecule has 27 heavy (non-hydrogen) atoms. The van der Waals surface area contributed by atoms with E-state index in [0.717, 1.165) is 10.9 Å². The molecule has 0 aliphatic rings. The Balaban J connectivity index is 1.60. The lowest BCUT2D eigenvalue weighted by atomic mass is 10.2. The Labute approximate surface area is 152 Å². The molecule has 4 nitrogen and oxygen atoms in total. The van der Waals surface area contributed by atoms with Gasteiger partial charge >= 0.3 is 0 Å². The first-order valence-electron chi connectivity index (χ1n) is 7.50. The molecule has 0 fully saturated rings. The summed E-state index contributed by atoms with van der Waals surface area (Å²) in [5, 5.41) is 8.36. The van der Waals surface area contributed by atoms with Gasteiger partial charge < -0.3 is 9.40 Å². The fourth-order valence-corrected chi connectivity index (χ4v) is 3.29. The zero-order chi connectivity index (χ0) is 19.1. The average Bonchev–Trinajstić information content (AvgIpc) is 3.31. The molecule has 0 spiro atoms. The Hall–Kier alpha value is -2.88. The van der Waals surface area contributed by atoms with Gasteiger partial charge in [-0.05, 0) is 6.07 Å². The van der Waals surface area contributed by atoms with E-state index in [0.29, 0.717) is 17.3 Å². The Kier molecular flexibility index (Phi) is 4.34. The van der Waals surface area contributed by atoms with Crippen LogP contribution in [0.3, 0.4) is 0 Å². The van der Waals surface area contributed by atoms with Gasteiger partial charge in [0.25, 0.3) is 11.1 Å². The number of H-pyrrole nitrogens is 1. The molecule has 0 amide bonds. The largest absolute Gasteiger partial charge is 0.411 e. The van der Waals surface area contributed by atoms with E-state index < -0.39 is 40.4 Å². The number of hydrogen-bond acceptors (Lipinski definition) is 4. The van der Waals surface area contributed by atoms with Crippen LogP contribution in [0.25, 0.3) is 22.4 Å². The summed E-state index contributed by atoms with van der Waals surface area (Å²) in [6.45, 7) is 0. The number of aromatic amines is 1. The van der Waals surface area contributed by atoms with Gasteiger partial charge in [0.2, 0.25) is 5.82 Å². The molecule has 0 saturated heterocycles. The molecule has 2 aromatic heterocycles. The van der Waals surface area contributed by atoms with Crippen LogP contribution in [0.2, 0.25) is 0 Å². The topological polar surface area (TPSA) is 54.7 Å². The third kappa shape index (κ3) is 2.95. The monoisotopic (exact) mass is 397 g/mol. The molecule has 10 heteroatoms. The highest BCUT2D eigenvalue weighted by molar-refractivity contribution is 7.98. The van der Waals surface area contributed by atoms with Crippen LogP contribution in [0.1, 0.15) is 5.56 Å². The van der Waals surface area contributed by atoms with Crippen molar-refractivity contribution in [1.29, 1.82) is 0 Å². The number of benzene rings is 2. The number of para-hydroxylation sites is 1. The number of rotatable bonds is 4. The molecule has 4 rings (SSSR count). The standard InChI is InChI=1S/C17H8F5N3OS/c18-11-9(12(19)14(21)15(22)13(11)20)6-27-17-25-24-16(26-17)8-5-23-10-4-2-1-3-7(8)10/h1-5,23H,6H2. The zero-order valence-electron chi connectivity index (χ0n) is 13.2. The highest BCUT2D eigenvalue weighted by Crippen LogP contribution is 2.32. The first kappa shape index (κ1) is 17.5. The van der Waals surface area contributed by atoms with E-state index in [1.807, 2.05) is 24.3 Å². The summed E-state index contributed by atoms with van der Waals surface area (Å²) in [5.74, 6) is -10.3. The van der Waals surface area contributed by atoms with E-state index in [1.165, 1.54) is 0 Å². The Morgan fingerprint density at radius 3 is 2.30 bits per heavy atom. The smallest absolute Gasteiger partial charge is 0.277 e. The predicted octanol–water partition coefficient (Wildman–Crippen LogP) is 5.21. The van der Waals surface area contributed by atoms with Crippen LogP contribution in [0.5, 0.6) is 0 Å². The fraction of sp³-hybridized carbons (Fsp3) is 0.0588. The molecule has 0 atom stereocenters. The normalized spacial score (nSPS) is 11.4. The fourth-order valence-electron chi connectivity index (χ4n) is 2.54. The van der Waals surface area contributed by atoms with E-state index in [4.69, 9.17) is 4.42 Å². The van der Waals surface area contributed by atoms with E-state index in [1.54, 1.807) is 6.20 Å². The summed E-state index contributed by atoms with van der Waals surface area (Å²) < 4.78 is 72.4. The second-order valence-corrected chi connectivity index (χ2v) is 6.38. The van der Waals surface area contributed by atoms with Crippen molar-refractivity contribution in [3.05, 3.63) is 65.1 Å². The van der Waals surface area contributed by atoms with E-state index >= 15 is 0 Å². The summed E-state index contributed by atoms with van der Waals surface area (Å²) in [6.07, 6.45) is 1.66. The minimum absolute atomic E-state index is 0.0702. The number of nitrogens with zero attached hydrogens (tertiary/aromatic N) is 2. The van der Waals surface area contributed by atoms with Crippen molar-refractivity contribution in [2.75, 3.05) is 0 Å². The van der Waals surface area contributed by atoms with E-state index in [9.17, 15) is 22.0 Å². The van der Waals surface area contributed by atoms with Crippen LogP contribution in [-0.2, 0) is 5.75 Å². The SMILES string of the molecule is Fc1c(F)c(F)c(CSc2nnc(-c3c[nH]c4ccccc34)o2)c(F)c1F. The van der Waals surface area contributed by atoms with Crippen molar-refractivity contribution in [2.24, 2.45) is 0 Å². The summed E-state index contributed by atoms with van der Waals surface area (Å²) in [5.41, 5.74) is 0.519. The molecule has 2 aromatic carbocycles. The van der Waals surface area contributed by atoms with Gasteiger partial charge in [-0.25, -0.2) is 22.0 Å². The second-order valence-electron chi connectivity index (χ2n) is 5.46. The molecule has 0 saturated carbocycles. The maximum Gasteiger partial charge on any atom is 0.277 e. The zero-order valence-corrected chi connectivity index (χ0v) is 14.0. The van der Waals surface area contributed by atoms with Crippen molar-refractivity contribution in [3.63, 3.8) is 0 Å². The molecule has 0 bridgehead atoms. The van der Waals surface area contributed by atoms with Gasteiger partial charge in [0.15, 0.2) is 23.3 Å². The molecule has 0 radical (unpaired) electrons. The molecule has 4 aromatic rings. The van der Waals surface area contributed by atoms with Gasteiger partial charge in [0.05, 0.1) is 5.56 Å². The van der Waals surface area contributed by atoms with Gasteiger partial charge in [0, 0.05) is 28.4 Å². The first-order chi connectivity index (χ1) is 13.0. The van der Waals surface area contributed by atoms with Crippen LogP contribution in [0.15, 0.2) is 40.1 Å². The Morgan fingerprint density at radius 2 is 1.56 bits per heavy atom. The third-order valence-electron chi connectivity index (χ3n) is 3.87. The van der Waals surface area contributed by atoms with Crippen LogP contribution in [0.4, 0.5) is 22.0 Å². The lowest BCUT2D eigenvalue weighted by Gasteiger charge is -2.06. The van der Waals surface area contributed by atoms with Gasteiger partial charge in [-0.1, -0.05) is 30.0 Å². The molecule has 0 unspecified atom stereocenters. The Morgan fingerprint density at radius 1 is 0.889 bits per heavy atom. The van der Waals surface area contributed by atoms with Gasteiger partial charge in [0.1, 0.15) is 0 Å². The number of hydrogen-bond donors (Lipinski definition) is 1. The van der Waals surface area contributed by atoms with Crippen molar-refractivity contribution in [1.82, 2.24) is 15.2 Å². The summed E-state index contributed by atoms with van der Waals surface area (Å²) >= 11 is 0.662. The van der Waals surface area contributed by atoms with Crippen molar-refractivity contribution < 1.29 is 26.4 Å². The number of halogens is 5. The predicted molar refractivity (Wildman–Crippen MR) is 87.4 cm³/mol.